The van der Waals surface area contributed by atoms with Gasteiger partial charge in [-0.05, 0) is 146 Å². The summed E-state index contributed by atoms with van der Waals surface area (Å²) in [4.78, 5) is 59.4. The number of hydrogen-bond acceptors (Lipinski definition) is 12. The van der Waals surface area contributed by atoms with Crippen molar-refractivity contribution in [2.24, 2.45) is 11.3 Å². The Kier molecular flexibility index (Phi) is 14.5. The van der Waals surface area contributed by atoms with E-state index in [4.69, 9.17) is 9.84 Å². The minimum Gasteiger partial charge on any atom is -0.391 e. The Morgan fingerprint density at radius 1 is 0.947 bits per heavy atom. The molecule has 0 bridgehead atoms. The molecule has 3 saturated heterocycles. The van der Waals surface area contributed by atoms with Crippen LogP contribution in [-0.4, -0.2) is 132 Å². The van der Waals surface area contributed by atoms with Crippen LogP contribution in [0.1, 0.15) is 137 Å². The number of carbonyl (C=O) groups excluding carboxylic acids is 2. The Hall–Kier alpha value is -5.17. The third-order valence-corrected chi connectivity index (χ3v) is 18.7. The van der Waals surface area contributed by atoms with Crippen molar-refractivity contribution in [3.05, 3.63) is 121 Å². The number of aliphatic hydroxyl groups is 1. The molecule has 4 aliphatic heterocycles. The van der Waals surface area contributed by atoms with Gasteiger partial charge in [0, 0.05) is 55.7 Å². The van der Waals surface area contributed by atoms with Gasteiger partial charge in [-0.3, -0.25) is 23.9 Å². The van der Waals surface area contributed by atoms with Crippen molar-refractivity contribution in [3.8, 4) is 16.1 Å². The van der Waals surface area contributed by atoms with Gasteiger partial charge in [0.05, 0.1) is 69.1 Å². The molecule has 396 valence electrons. The van der Waals surface area contributed by atoms with Crippen LogP contribution in [0.15, 0.2) is 81.6 Å². The zero-order chi connectivity index (χ0) is 52.3. The number of morpholine rings is 1. The zero-order valence-electron chi connectivity index (χ0n) is 44.2. The van der Waals surface area contributed by atoms with Crippen LogP contribution < -0.4 is 10.9 Å². The number of aromatic nitrogens is 6. The molecule has 17 heteroatoms. The number of fused-ring (bicyclic) bond motifs is 5. The molecule has 3 aromatic carbocycles. The third-order valence-electron chi connectivity index (χ3n) is 17.1. The van der Waals surface area contributed by atoms with Crippen LogP contribution in [0.2, 0.25) is 0 Å². The molecule has 0 spiro atoms. The minimum atomic E-state index is -0.839. The molecule has 0 radical (unpaired) electrons. The van der Waals surface area contributed by atoms with Gasteiger partial charge in [-0.1, -0.05) is 68.4 Å². The lowest BCUT2D eigenvalue weighted by Gasteiger charge is -2.36. The standard InChI is InChI=1S/C58H71BrN10O5S/c1-35-51(75-34-60-35)40-16-14-38(15-17-40)45(32-66-24-26-74-27-25-66)61-53(71)49-29-42(70)31-67(49)55(73)52(57(2,3)4)68-33-46(63-64-68)39-12-10-36(11-13-39)30-65-22-20-37(21-23-65)41-18-19-43-48(28-41)69-47-9-7-8-44(59)50(47)54(72)62-56(69)58(43,5)6/h7-9,14-19,28,33-34,36-37,39,42,45,49,52,70H,10-13,20-27,29-32H2,1-6H3,(H,61,71)/t36?,39?,42-,45+,49+,52-/m1/s1. The monoisotopic (exact) mass is 1100 g/mol. The summed E-state index contributed by atoms with van der Waals surface area (Å²) >= 11 is 5.23. The van der Waals surface area contributed by atoms with E-state index in [1.54, 1.807) is 20.9 Å². The van der Waals surface area contributed by atoms with Crippen molar-refractivity contribution in [1.82, 2.24) is 49.5 Å². The highest BCUT2D eigenvalue weighted by molar-refractivity contribution is 9.10. The van der Waals surface area contributed by atoms with E-state index in [1.807, 2.05) is 57.6 Å². The smallest absolute Gasteiger partial charge is 0.281 e. The third kappa shape index (κ3) is 10.3. The number of β-amino-alcohol motifs (C(OH)–C–C–N with tert-alkyl or cyclic N) is 1. The Morgan fingerprint density at radius 2 is 1.69 bits per heavy atom. The topological polar surface area (TPSA) is 164 Å². The van der Waals surface area contributed by atoms with E-state index in [0.717, 1.165) is 120 Å². The van der Waals surface area contributed by atoms with E-state index in [1.165, 1.54) is 11.1 Å². The van der Waals surface area contributed by atoms with E-state index < -0.39 is 23.6 Å². The number of rotatable bonds is 12. The molecule has 75 heavy (non-hydrogen) atoms. The predicted octanol–water partition coefficient (Wildman–Crippen LogP) is 8.70. The second kappa shape index (κ2) is 21.0. The molecule has 3 aromatic heterocycles. The number of likely N-dealkylation sites (tertiary alicyclic amines) is 2. The van der Waals surface area contributed by atoms with Gasteiger partial charge in [-0.15, -0.1) is 16.4 Å². The molecule has 2 amide bonds. The van der Waals surface area contributed by atoms with E-state index in [9.17, 15) is 19.5 Å². The van der Waals surface area contributed by atoms with Crippen molar-refractivity contribution in [1.29, 1.82) is 0 Å². The van der Waals surface area contributed by atoms with Crippen LogP contribution in [0, 0.1) is 18.3 Å². The number of halogens is 1. The second-order valence-electron chi connectivity index (χ2n) is 23.6. The molecule has 2 N–H and O–H groups in total. The van der Waals surface area contributed by atoms with Crippen molar-refractivity contribution in [2.45, 2.75) is 128 Å². The SMILES string of the molecule is Cc1ncsc1-c1ccc([C@H](CN2CCOCC2)NC(=O)[C@@H]2C[C@@H](O)CN2C(=O)[C@@H](n2cc(C3CCC(CN4CCC(c5ccc6c(c5)-n5c(nc(=O)c7c(Br)cccc75)C6(C)C)CC4)CC3)nn2)C(C)(C)C)cc1. The first kappa shape index (κ1) is 51.9. The molecule has 5 aliphatic rings. The average Bonchev–Trinajstić information content (AvgIpc) is 4.22. The Morgan fingerprint density at radius 3 is 2.40 bits per heavy atom. The Balaban J connectivity index is 0.713. The lowest BCUT2D eigenvalue weighted by Crippen LogP contribution is -2.52. The fourth-order valence-corrected chi connectivity index (χ4v) is 14.3. The van der Waals surface area contributed by atoms with Crippen LogP contribution >= 0.6 is 27.3 Å². The molecule has 4 fully saturated rings. The summed E-state index contributed by atoms with van der Waals surface area (Å²) in [6.45, 7) is 19.1. The molecule has 7 heterocycles. The molecular formula is C58H71BrN10O5S. The number of piperidine rings is 1. The number of amides is 2. The van der Waals surface area contributed by atoms with Gasteiger partial charge in [0.2, 0.25) is 11.8 Å². The van der Waals surface area contributed by atoms with Crippen LogP contribution in [-0.2, 0) is 19.7 Å². The van der Waals surface area contributed by atoms with Crippen LogP contribution in [0.3, 0.4) is 0 Å². The van der Waals surface area contributed by atoms with Gasteiger partial charge in [-0.2, -0.15) is 4.98 Å². The number of aliphatic hydroxyl groups excluding tert-OH is 1. The molecule has 11 rings (SSSR count). The number of ether oxygens (including phenoxy) is 1. The Bertz CT molecular complexity index is 3120. The highest BCUT2D eigenvalue weighted by atomic mass is 79.9. The van der Waals surface area contributed by atoms with Gasteiger partial charge < -0.3 is 25.0 Å². The summed E-state index contributed by atoms with van der Waals surface area (Å²) in [6.07, 6.45) is 7.79. The highest BCUT2D eigenvalue weighted by Gasteiger charge is 2.46. The van der Waals surface area contributed by atoms with Gasteiger partial charge in [0.25, 0.3) is 5.56 Å². The molecular weight excluding hydrogens is 1030 g/mol. The number of carbonyl (C=O) groups is 2. The van der Waals surface area contributed by atoms with Crippen LogP contribution in [0.4, 0.5) is 0 Å². The van der Waals surface area contributed by atoms with E-state index in [0.29, 0.717) is 37.0 Å². The van der Waals surface area contributed by atoms with E-state index in [-0.39, 0.29) is 47.7 Å². The molecule has 15 nitrogen and oxygen atoms in total. The minimum absolute atomic E-state index is 0.0729. The first-order valence-electron chi connectivity index (χ1n) is 27.1. The number of thiazole rings is 1. The summed E-state index contributed by atoms with van der Waals surface area (Å²) < 4.78 is 10.3. The lowest BCUT2D eigenvalue weighted by atomic mass is 9.80. The van der Waals surface area contributed by atoms with Gasteiger partial charge >= 0.3 is 0 Å². The molecule has 1 aliphatic carbocycles. The number of hydrogen-bond donors (Lipinski definition) is 2. The summed E-state index contributed by atoms with van der Waals surface area (Å²) in [7, 11) is 0. The number of nitrogens with one attached hydrogen (secondary N) is 1. The average molecular weight is 1100 g/mol. The van der Waals surface area contributed by atoms with Gasteiger partial charge in [0.15, 0.2) is 0 Å². The predicted molar refractivity (Wildman–Crippen MR) is 295 cm³/mol. The van der Waals surface area contributed by atoms with Crippen molar-refractivity contribution >= 4 is 50.0 Å². The van der Waals surface area contributed by atoms with Crippen molar-refractivity contribution < 1.29 is 19.4 Å². The maximum Gasteiger partial charge on any atom is 0.281 e. The van der Waals surface area contributed by atoms with Crippen molar-refractivity contribution in [3.63, 3.8) is 0 Å². The number of nitrogens with zero attached hydrogens (tertiary/aromatic N) is 9. The highest BCUT2D eigenvalue weighted by Crippen LogP contribution is 2.45. The number of aryl methyl sites for hydroxylation is 1. The quantitative estimate of drug-likeness (QED) is 0.121. The molecule has 0 unspecified atom stereocenters. The summed E-state index contributed by atoms with van der Waals surface area (Å²) in [6, 6.07) is 19.3. The van der Waals surface area contributed by atoms with Gasteiger partial charge in [-0.25, -0.2) is 9.67 Å². The van der Waals surface area contributed by atoms with E-state index >= 15 is 0 Å². The normalized spacial score (nSPS) is 23.3. The molecule has 6 aromatic rings. The molecule has 1 saturated carbocycles. The van der Waals surface area contributed by atoms with Crippen molar-refractivity contribution in [2.75, 3.05) is 59.0 Å². The fraction of sp³-hybridized carbons (Fsp3) is 0.534. The summed E-state index contributed by atoms with van der Waals surface area (Å²) in [5.41, 5.74) is 9.26. The van der Waals surface area contributed by atoms with E-state index in [2.05, 4.69) is 107 Å². The first-order chi connectivity index (χ1) is 36.0. The van der Waals surface area contributed by atoms with Gasteiger partial charge in [0.1, 0.15) is 17.9 Å². The van der Waals surface area contributed by atoms with Crippen LogP contribution in [0.5, 0.6) is 0 Å². The molecule has 4 atom stereocenters. The second-order valence-corrected chi connectivity index (χ2v) is 25.3. The lowest BCUT2D eigenvalue weighted by molar-refractivity contribution is -0.144. The maximum atomic E-state index is 14.9. The largest absolute Gasteiger partial charge is 0.391 e. The maximum absolute atomic E-state index is 14.9. The summed E-state index contributed by atoms with van der Waals surface area (Å²) in [5, 5.41) is 24.4. The Labute approximate surface area is 452 Å². The fourth-order valence-electron chi connectivity index (χ4n) is 12.9. The van der Waals surface area contributed by atoms with Crippen LogP contribution in [0.25, 0.3) is 27.0 Å². The zero-order valence-corrected chi connectivity index (χ0v) is 46.6. The summed E-state index contributed by atoms with van der Waals surface area (Å²) in [5.74, 6) is 1.63. The number of benzene rings is 3. The first-order valence-corrected chi connectivity index (χ1v) is 28.8.